The second-order valence-electron chi connectivity index (χ2n) is 6.58. The van der Waals surface area contributed by atoms with E-state index < -0.39 is 12.0 Å². The first-order valence-corrected chi connectivity index (χ1v) is 10.4. The van der Waals surface area contributed by atoms with Crippen LogP contribution in [0.3, 0.4) is 0 Å². The summed E-state index contributed by atoms with van der Waals surface area (Å²) in [5.74, 6) is -0.457. The Morgan fingerprint density at radius 2 is 2.04 bits per heavy atom. The number of unbranched alkanes of at least 4 members (excludes halogenated alkanes) is 1. The Kier molecular flexibility index (Phi) is 8.76. The van der Waals surface area contributed by atoms with Gasteiger partial charge in [0.05, 0.1) is 24.1 Å². The molecule has 28 heavy (non-hydrogen) atoms. The number of carbonyl (C=O) groups excluding carboxylic acids is 3. The second kappa shape index (κ2) is 11.0. The van der Waals surface area contributed by atoms with Gasteiger partial charge in [-0.15, -0.1) is 0 Å². The molecule has 0 bridgehead atoms. The van der Waals surface area contributed by atoms with Crippen molar-refractivity contribution in [3.8, 4) is 5.75 Å². The minimum atomic E-state index is -0.870. The van der Waals surface area contributed by atoms with E-state index in [1.807, 2.05) is 13.8 Å². The molecule has 0 aliphatic carbocycles. The number of rotatable bonds is 9. The van der Waals surface area contributed by atoms with Gasteiger partial charge in [0.25, 0.3) is 5.91 Å². The van der Waals surface area contributed by atoms with Crippen molar-refractivity contribution < 1.29 is 23.9 Å². The highest BCUT2D eigenvalue weighted by Crippen LogP contribution is 2.27. The molecule has 2 amide bonds. The molecule has 1 aromatic rings. The second-order valence-corrected chi connectivity index (χ2v) is 7.43. The summed E-state index contributed by atoms with van der Waals surface area (Å²) in [7, 11) is 0. The Labute approximate surface area is 173 Å². The van der Waals surface area contributed by atoms with Crippen molar-refractivity contribution in [1.82, 2.24) is 10.2 Å². The number of hydrogen-bond acceptors (Lipinski definition) is 5. The lowest BCUT2D eigenvalue weighted by Gasteiger charge is -2.34. The van der Waals surface area contributed by atoms with Crippen molar-refractivity contribution in [1.29, 1.82) is 0 Å². The maximum Gasteiger partial charge on any atom is 0.308 e. The van der Waals surface area contributed by atoms with Gasteiger partial charge in [0.1, 0.15) is 11.8 Å². The first-order chi connectivity index (χ1) is 13.5. The average Bonchev–Trinajstić information content (AvgIpc) is 2.68. The number of benzene rings is 1. The van der Waals surface area contributed by atoms with E-state index in [-0.39, 0.29) is 18.2 Å². The molecule has 1 saturated heterocycles. The van der Waals surface area contributed by atoms with Gasteiger partial charge < -0.3 is 19.7 Å². The number of nitrogens with zero attached hydrogens (tertiary/aromatic N) is 1. The van der Waals surface area contributed by atoms with Crippen LogP contribution in [0.5, 0.6) is 5.75 Å². The molecule has 154 valence electrons. The van der Waals surface area contributed by atoms with Crippen LogP contribution in [0.15, 0.2) is 22.7 Å². The largest absolute Gasteiger partial charge is 0.492 e. The topological polar surface area (TPSA) is 84.9 Å². The van der Waals surface area contributed by atoms with Gasteiger partial charge in [0.2, 0.25) is 5.91 Å². The molecule has 0 radical (unpaired) electrons. The predicted octanol–water partition coefficient (Wildman–Crippen LogP) is 2.91. The van der Waals surface area contributed by atoms with E-state index in [1.54, 1.807) is 18.2 Å². The molecule has 1 heterocycles. The lowest BCUT2D eigenvalue weighted by molar-refractivity contribution is -0.147. The zero-order valence-electron chi connectivity index (χ0n) is 16.3. The highest BCUT2D eigenvalue weighted by atomic mass is 79.9. The summed E-state index contributed by atoms with van der Waals surface area (Å²) in [6, 6.07) is 4.20. The molecule has 7 nitrogen and oxygen atoms in total. The van der Waals surface area contributed by atoms with E-state index in [0.29, 0.717) is 42.1 Å². The quantitative estimate of drug-likeness (QED) is 0.457. The first kappa shape index (κ1) is 22.2. The maximum absolute atomic E-state index is 13.0. The molecule has 1 N–H and O–H groups in total. The fourth-order valence-corrected chi connectivity index (χ4v) is 3.33. The van der Waals surface area contributed by atoms with E-state index in [1.165, 1.54) is 4.90 Å². The Hall–Kier alpha value is -2.09. The number of hydrogen-bond donors (Lipinski definition) is 1. The van der Waals surface area contributed by atoms with E-state index >= 15 is 0 Å². The normalized spacial score (nSPS) is 16.5. The van der Waals surface area contributed by atoms with Gasteiger partial charge in [-0.05, 0) is 47.0 Å². The summed E-state index contributed by atoms with van der Waals surface area (Å²) >= 11 is 3.42. The Morgan fingerprint density at radius 3 is 2.71 bits per heavy atom. The number of ether oxygens (including phenoxy) is 2. The van der Waals surface area contributed by atoms with Crippen LogP contribution in [0.4, 0.5) is 0 Å². The third kappa shape index (κ3) is 5.95. The van der Waals surface area contributed by atoms with Crippen LogP contribution < -0.4 is 10.1 Å². The molecule has 2 rings (SSSR count). The summed E-state index contributed by atoms with van der Waals surface area (Å²) in [4.78, 5) is 38.8. The highest BCUT2D eigenvalue weighted by molar-refractivity contribution is 9.10. The highest BCUT2D eigenvalue weighted by Gasteiger charge is 2.35. The van der Waals surface area contributed by atoms with E-state index in [9.17, 15) is 14.4 Å². The zero-order valence-corrected chi connectivity index (χ0v) is 17.9. The maximum atomic E-state index is 13.0. The molecular formula is C20H27BrN2O5. The predicted molar refractivity (Wildman–Crippen MR) is 108 cm³/mol. The van der Waals surface area contributed by atoms with Crippen LogP contribution in [0.2, 0.25) is 0 Å². The molecule has 1 aliphatic rings. The fourth-order valence-electron chi connectivity index (χ4n) is 2.84. The van der Waals surface area contributed by atoms with Crippen molar-refractivity contribution in [2.45, 2.75) is 45.6 Å². The number of esters is 1. The molecule has 1 aliphatic heterocycles. The van der Waals surface area contributed by atoms with Crippen LogP contribution in [0.1, 0.15) is 49.9 Å². The van der Waals surface area contributed by atoms with Gasteiger partial charge >= 0.3 is 5.97 Å². The van der Waals surface area contributed by atoms with Crippen LogP contribution >= 0.6 is 15.9 Å². The molecule has 0 spiro atoms. The van der Waals surface area contributed by atoms with Crippen molar-refractivity contribution in [3.05, 3.63) is 28.2 Å². The summed E-state index contributed by atoms with van der Waals surface area (Å²) < 4.78 is 11.4. The number of piperazine rings is 1. The Bertz CT molecular complexity index is 710. The van der Waals surface area contributed by atoms with Gasteiger partial charge in [-0.1, -0.05) is 20.3 Å². The number of nitrogens with one attached hydrogen (secondary N) is 1. The van der Waals surface area contributed by atoms with Crippen LogP contribution in [-0.2, 0) is 14.3 Å². The molecule has 0 saturated carbocycles. The summed E-state index contributed by atoms with van der Waals surface area (Å²) in [5.41, 5.74) is 0.426. The molecule has 1 unspecified atom stereocenters. The average molecular weight is 455 g/mol. The van der Waals surface area contributed by atoms with Gasteiger partial charge in [0, 0.05) is 18.7 Å². The third-order valence-corrected chi connectivity index (χ3v) is 4.97. The standard InChI is InChI=1S/C20H27BrN2O5/c1-3-5-11-28-18(24)13-16-19(25)22-8-9-23(16)20(26)14-6-7-17(15(21)12-14)27-10-4-2/h6-7,12,16H,3-5,8-11,13H2,1-2H3,(H,22,25). The minimum Gasteiger partial charge on any atom is -0.492 e. The monoisotopic (exact) mass is 454 g/mol. The van der Waals surface area contributed by atoms with Gasteiger partial charge in [-0.25, -0.2) is 0 Å². The zero-order chi connectivity index (χ0) is 20.5. The smallest absolute Gasteiger partial charge is 0.308 e. The molecule has 1 fully saturated rings. The molecule has 0 aromatic heterocycles. The van der Waals surface area contributed by atoms with Crippen molar-refractivity contribution in [3.63, 3.8) is 0 Å². The summed E-state index contributed by atoms with van der Waals surface area (Å²) in [5, 5.41) is 2.71. The molecule has 1 aromatic carbocycles. The van der Waals surface area contributed by atoms with Crippen LogP contribution in [0, 0.1) is 0 Å². The van der Waals surface area contributed by atoms with Crippen molar-refractivity contribution >= 4 is 33.7 Å². The molecular weight excluding hydrogens is 428 g/mol. The van der Waals surface area contributed by atoms with E-state index in [2.05, 4.69) is 21.2 Å². The van der Waals surface area contributed by atoms with Crippen LogP contribution in [-0.4, -0.2) is 55.0 Å². The SMILES string of the molecule is CCCCOC(=O)CC1C(=O)NCCN1C(=O)c1ccc(OCCC)c(Br)c1. The number of halogens is 1. The van der Waals surface area contributed by atoms with Gasteiger partial charge in [-0.2, -0.15) is 0 Å². The molecule has 8 heteroatoms. The lowest BCUT2D eigenvalue weighted by Crippen LogP contribution is -2.57. The van der Waals surface area contributed by atoms with Crippen molar-refractivity contribution in [2.75, 3.05) is 26.3 Å². The number of amides is 2. The van der Waals surface area contributed by atoms with Crippen molar-refractivity contribution in [2.24, 2.45) is 0 Å². The van der Waals surface area contributed by atoms with E-state index in [4.69, 9.17) is 9.47 Å². The summed E-state index contributed by atoms with van der Waals surface area (Å²) in [6.45, 7) is 5.61. The minimum absolute atomic E-state index is 0.153. The fraction of sp³-hybridized carbons (Fsp3) is 0.550. The summed E-state index contributed by atoms with van der Waals surface area (Å²) in [6.07, 6.45) is 2.41. The number of carbonyl (C=O) groups is 3. The lowest BCUT2D eigenvalue weighted by atomic mass is 10.1. The third-order valence-electron chi connectivity index (χ3n) is 4.35. The molecule has 1 atom stereocenters. The first-order valence-electron chi connectivity index (χ1n) is 9.64. The van der Waals surface area contributed by atoms with Crippen LogP contribution in [0.25, 0.3) is 0 Å². The van der Waals surface area contributed by atoms with Gasteiger partial charge in [0.15, 0.2) is 0 Å². The Balaban J connectivity index is 2.11. The van der Waals surface area contributed by atoms with E-state index in [0.717, 1.165) is 19.3 Å². The van der Waals surface area contributed by atoms with Gasteiger partial charge in [-0.3, -0.25) is 14.4 Å². The Morgan fingerprint density at radius 1 is 1.25 bits per heavy atom.